The molecule has 0 unspecified atom stereocenters. The molecule has 20 heavy (non-hydrogen) atoms. The average molecular weight is 310 g/mol. The smallest absolute Gasteiger partial charge is 0.405 e. The largest absolute Gasteiger partial charge is 0.409 e. The normalized spacial score (nSPS) is 12.6. The molecular weight excluding hydrogens is 295 g/mol. The number of hydrogen-bond acceptors (Lipinski definition) is 3. The lowest BCUT2D eigenvalue weighted by Crippen LogP contribution is -2.36. The molecule has 0 aliphatic rings. The first-order valence-electron chi connectivity index (χ1n) is 5.87. The van der Waals surface area contributed by atoms with Crippen LogP contribution >= 0.6 is 11.6 Å². The van der Waals surface area contributed by atoms with Crippen molar-refractivity contribution in [2.24, 2.45) is 10.9 Å². The number of rotatable bonds is 5. The molecule has 0 spiro atoms. The van der Waals surface area contributed by atoms with Crippen molar-refractivity contribution in [2.75, 3.05) is 18.0 Å². The molecule has 0 aliphatic heterocycles. The fourth-order valence-electron chi connectivity index (χ4n) is 1.81. The van der Waals surface area contributed by atoms with E-state index < -0.39 is 12.7 Å². The molecule has 0 atom stereocenters. The Bertz CT molecular complexity index is 491. The second-order valence-electron chi connectivity index (χ2n) is 4.18. The summed E-state index contributed by atoms with van der Waals surface area (Å²) in [4.78, 5) is 1.11. The number of halogens is 4. The maximum Gasteiger partial charge on any atom is 0.405 e. The van der Waals surface area contributed by atoms with E-state index in [-0.39, 0.29) is 28.7 Å². The average Bonchev–Trinajstić information content (AvgIpc) is 2.35. The van der Waals surface area contributed by atoms with Crippen molar-refractivity contribution in [2.45, 2.75) is 19.5 Å². The Balaban J connectivity index is 3.27. The van der Waals surface area contributed by atoms with Crippen molar-refractivity contribution < 1.29 is 18.4 Å². The molecule has 1 aromatic rings. The minimum Gasteiger partial charge on any atom is -0.409 e. The summed E-state index contributed by atoms with van der Waals surface area (Å²) < 4.78 is 37.9. The Hall–Kier alpha value is -1.63. The molecule has 0 aliphatic carbocycles. The van der Waals surface area contributed by atoms with Gasteiger partial charge in [0.05, 0.1) is 0 Å². The molecule has 0 amide bonds. The van der Waals surface area contributed by atoms with Crippen molar-refractivity contribution >= 4 is 23.1 Å². The van der Waals surface area contributed by atoms with E-state index in [9.17, 15) is 13.2 Å². The molecule has 8 heteroatoms. The third-order valence-corrected chi connectivity index (χ3v) is 2.78. The molecule has 0 bridgehead atoms. The molecular formula is C12H15ClF3N3O. The Morgan fingerprint density at radius 2 is 2.10 bits per heavy atom. The first-order valence-corrected chi connectivity index (χ1v) is 6.25. The summed E-state index contributed by atoms with van der Waals surface area (Å²) in [7, 11) is 0. The van der Waals surface area contributed by atoms with Gasteiger partial charge in [-0.25, -0.2) is 0 Å². The van der Waals surface area contributed by atoms with Gasteiger partial charge < -0.3 is 15.8 Å². The summed E-state index contributed by atoms with van der Waals surface area (Å²) in [5.74, 6) is -0.264. The van der Waals surface area contributed by atoms with Crippen LogP contribution in [0.3, 0.4) is 0 Å². The van der Waals surface area contributed by atoms with E-state index in [4.69, 9.17) is 22.5 Å². The maximum atomic E-state index is 12.6. The van der Waals surface area contributed by atoms with Crippen LogP contribution in [0.2, 0.25) is 5.02 Å². The molecule has 4 nitrogen and oxygen atoms in total. The highest BCUT2D eigenvalue weighted by molar-refractivity contribution is 6.31. The number of amidine groups is 1. The fourth-order valence-corrected chi connectivity index (χ4v) is 1.97. The lowest BCUT2D eigenvalue weighted by Gasteiger charge is -2.27. The second kappa shape index (κ2) is 6.69. The van der Waals surface area contributed by atoms with Gasteiger partial charge in [0.15, 0.2) is 5.84 Å². The van der Waals surface area contributed by atoms with Gasteiger partial charge in [0.1, 0.15) is 6.54 Å². The van der Waals surface area contributed by atoms with Crippen molar-refractivity contribution in [3.05, 3.63) is 28.8 Å². The van der Waals surface area contributed by atoms with Crippen molar-refractivity contribution in [3.63, 3.8) is 0 Å². The second-order valence-corrected chi connectivity index (χ2v) is 4.62. The van der Waals surface area contributed by atoms with Gasteiger partial charge in [0.25, 0.3) is 0 Å². The summed E-state index contributed by atoms with van der Waals surface area (Å²) >= 11 is 5.83. The predicted molar refractivity (Wildman–Crippen MR) is 72.5 cm³/mol. The highest BCUT2D eigenvalue weighted by Gasteiger charge is 2.31. The molecule has 0 saturated heterocycles. The zero-order valence-corrected chi connectivity index (χ0v) is 11.5. The molecule has 1 aromatic carbocycles. The summed E-state index contributed by atoms with van der Waals surface area (Å²) in [5.41, 5.74) is 5.88. The van der Waals surface area contributed by atoms with Gasteiger partial charge in [0.2, 0.25) is 0 Å². The first-order chi connectivity index (χ1) is 9.28. The fraction of sp³-hybridized carbons (Fsp3) is 0.417. The van der Waals surface area contributed by atoms with Crippen molar-refractivity contribution in [1.29, 1.82) is 0 Å². The number of benzene rings is 1. The van der Waals surface area contributed by atoms with E-state index in [1.54, 1.807) is 6.92 Å². The predicted octanol–water partition coefficient (Wildman–Crippen LogP) is 3.21. The monoisotopic (exact) mass is 309 g/mol. The van der Waals surface area contributed by atoms with E-state index >= 15 is 0 Å². The molecule has 0 saturated carbocycles. The highest BCUT2D eigenvalue weighted by atomic mass is 35.5. The summed E-state index contributed by atoms with van der Waals surface area (Å²) in [6.07, 6.45) is -3.85. The van der Waals surface area contributed by atoms with Crippen LogP contribution in [0.15, 0.2) is 23.4 Å². The zero-order valence-electron chi connectivity index (χ0n) is 10.8. The maximum absolute atomic E-state index is 12.6. The summed E-state index contributed by atoms with van der Waals surface area (Å²) in [6, 6.07) is 4.26. The lowest BCUT2D eigenvalue weighted by atomic mass is 10.1. The summed E-state index contributed by atoms with van der Waals surface area (Å²) in [6.45, 7) is 0.801. The van der Waals surface area contributed by atoms with E-state index in [1.807, 2.05) is 0 Å². The van der Waals surface area contributed by atoms with Crippen LogP contribution in [0.5, 0.6) is 0 Å². The molecule has 1 rings (SSSR count). The topological polar surface area (TPSA) is 61.8 Å². The summed E-state index contributed by atoms with van der Waals surface area (Å²) in [5, 5.41) is 11.8. The Labute approximate surface area is 119 Å². The van der Waals surface area contributed by atoms with Gasteiger partial charge in [-0.15, -0.1) is 0 Å². The van der Waals surface area contributed by atoms with Crippen LogP contribution in [0.25, 0.3) is 0 Å². The number of nitrogens with zero attached hydrogens (tertiary/aromatic N) is 2. The third-order valence-electron chi connectivity index (χ3n) is 2.55. The van der Waals surface area contributed by atoms with E-state index in [0.717, 1.165) is 4.90 Å². The van der Waals surface area contributed by atoms with Crippen LogP contribution in [-0.2, 0) is 0 Å². The van der Waals surface area contributed by atoms with Gasteiger partial charge in [-0.05, 0) is 24.6 Å². The third kappa shape index (κ3) is 4.48. The number of alkyl halides is 3. The molecule has 3 N–H and O–H groups in total. The minimum atomic E-state index is -4.36. The van der Waals surface area contributed by atoms with Crippen LogP contribution in [0.4, 0.5) is 18.9 Å². The number of oxime groups is 1. The number of nitrogens with two attached hydrogens (primary N) is 1. The molecule has 0 fully saturated rings. The van der Waals surface area contributed by atoms with Gasteiger partial charge >= 0.3 is 6.18 Å². The quantitative estimate of drug-likeness (QED) is 0.380. The zero-order chi connectivity index (χ0) is 15.3. The van der Waals surface area contributed by atoms with Gasteiger partial charge in [-0.3, -0.25) is 0 Å². The van der Waals surface area contributed by atoms with Gasteiger partial charge in [-0.1, -0.05) is 23.7 Å². The SMILES string of the molecule is CCCN(CC(F)(F)F)c1cc(Cl)ccc1C(N)=NO. The highest BCUT2D eigenvalue weighted by Crippen LogP contribution is 2.28. The van der Waals surface area contributed by atoms with E-state index in [1.165, 1.54) is 18.2 Å². The number of anilines is 1. The molecule has 0 aromatic heterocycles. The van der Waals surface area contributed by atoms with Crippen LogP contribution in [0.1, 0.15) is 18.9 Å². The van der Waals surface area contributed by atoms with E-state index in [0.29, 0.717) is 6.42 Å². The molecule has 0 radical (unpaired) electrons. The van der Waals surface area contributed by atoms with Crippen LogP contribution < -0.4 is 10.6 Å². The van der Waals surface area contributed by atoms with E-state index in [2.05, 4.69) is 5.16 Å². The lowest BCUT2D eigenvalue weighted by molar-refractivity contribution is -0.119. The van der Waals surface area contributed by atoms with Gasteiger partial charge in [-0.2, -0.15) is 13.2 Å². The van der Waals surface area contributed by atoms with Crippen molar-refractivity contribution in [1.82, 2.24) is 0 Å². The van der Waals surface area contributed by atoms with Crippen LogP contribution in [0, 0.1) is 0 Å². The standard InChI is InChI=1S/C12H15ClF3N3O/c1-2-5-19(7-12(14,15)16)10-6-8(13)3-4-9(10)11(17)18-20/h3-4,6,20H,2,5,7H2,1H3,(H2,17,18). The molecule has 112 valence electrons. The molecule has 0 heterocycles. The van der Waals surface area contributed by atoms with Crippen molar-refractivity contribution in [3.8, 4) is 0 Å². The Kier molecular flexibility index (Phi) is 5.50. The Morgan fingerprint density at radius 1 is 1.45 bits per heavy atom. The Morgan fingerprint density at radius 3 is 2.60 bits per heavy atom. The van der Waals surface area contributed by atoms with Gasteiger partial charge in [0, 0.05) is 22.8 Å². The minimum absolute atomic E-state index is 0.172. The number of hydrogen-bond donors (Lipinski definition) is 2. The first kappa shape index (κ1) is 16.4. The van der Waals surface area contributed by atoms with Crippen LogP contribution in [-0.4, -0.2) is 30.3 Å².